The fourth-order valence-electron chi connectivity index (χ4n) is 0. The molecule has 0 aromatic carbocycles. The molecule has 0 bridgehead atoms. The summed E-state index contributed by atoms with van der Waals surface area (Å²) in [6.07, 6.45) is 0. The first-order valence-electron chi connectivity index (χ1n) is 0. The van der Waals surface area contributed by atoms with Crippen molar-refractivity contribution in [3.8, 4) is 0 Å². The lowest BCUT2D eigenvalue weighted by molar-refractivity contribution is 0.824. The normalized spacial score (nSPS) is 0. The van der Waals surface area contributed by atoms with E-state index in [0.29, 0.717) is 0 Å². The van der Waals surface area contributed by atoms with Gasteiger partial charge in [-0.2, -0.15) is 0 Å². The van der Waals surface area contributed by atoms with Crippen molar-refractivity contribution in [3.05, 3.63) is 0 Å². The van der Waals surface area contributed by atoms with E-state index >= 15 is 0 Å². The Morgan fingerprint density at radius 2 is 0.300 bits per heavy atom. The van der Waals surface area contributed by atoms with Gasteiger partial charge in [0.05, 0.1) is 0 Å². The molecular weight excluding hydrogens is 228 g/mol. The highest BCUT2D eigenvalue weighted by Crippen LogP contribution is 0.693. The van der Waals surface area contributed by atoms with E-state index in [1.54, 1.807) is 0 Å². The Kier molecular flexibility index (Phi) is 118000. The van der Waals surface area contributed by atoms with E-state index in [9.17, 15) is 0 Å². The van der Waals surface area contributed by atoms with E-state index in [4.69, 9.17) is 0 Å². The number of rotatable bonds is 0. The maximum Gasteiger partial charge on any atom is -0.147 e. The fraction of sp³-hybridized carbons (Fsp3) is 0. The molecule has 0 spiro atoms. The number of hydrogen-bond acceptors (Lipinski definition) is 5. The van der Waals surface area contributed by atoms with Crippen LogP contribution < -0.4 is 30.8 Å². The van der Waals surface area contributed by atoms with E-state index in [0.717, 1.165) is 0 Å². The molecule has 0 rings (SSSR count). The molecule has 0 aliphatic carbocycles. The van der Waals surface area contributed by atoms with Crippen LogP contribution in [-0.4, -0.2) is 5.48 Å². The highest BCUT2D eigenvalue weighted by atomic mass is 35.5. The Labute approximate surface area is 86.1 Å². The van der Waals surface area contributed by atoms with Gasteiger partial charge in [0.25, 0.3) is 0 Å². The van der Waals surface area contributed by atoms with Gasteiger partial charge >= 0.3 is 0 Å². The lowest BCUT2D eigenvalue weighted by Crippen LogP contribution is -0.482. The second kappa shape index (κ2) is 933. The summed E-state index contributed by atoms with van der Waals surface area (Å²) >= 11 is 0. The predicted octanol–water partition coefficient (Wildman–Crippen LogP) is 1.67. The summed E-state index contributed by atoms with van der Waals surface area (Å²) in [4.78, 5) is 0. The molecule has 0 aromatic heterocycles. The smallest absolute Gasteiger partial charge is 0.147 e. The molecule has 80 valence electrons. The van der Waals surface area contributed by atoms with Crippen molar-refractivity contribution in [3.63, 3.8) is 0 Å². The minimum atomic E-state index is 0. The largest absolute Gasteiger partial charge is 0.412 e. The molecule has 0 aliphatic rings. The second-order valence-corrected chi connectivity index (χ2v) is 0. The summed E-state index contributed by atoms with van der Waals surface area (Å²) in [5.74, 6) is 0. The fourth-order valence-corrected chi connectivity index (χ4v) is 0. The lowest BCUT2D eigenvalue weighted by Gasteiger charge is -0.412. The first kappa shape index (κ1) is 1270. The summed E-state index contributed by atoms with van der Waals surface area (Å²) < 4.78 is 0. The minimum absolute atomic E-state index is 0. The Balaban J connectivity index is 0. The van der Waals surface area contributed by atoms with Gasteiger partial charge in [0.1, 0.15) is 0 Å². The van der Waals surface area contributed by atoms with Crippen LogP contribution in [0.25, 0.3) is 0 Å². The summed E-state index contributed by atoms with van der Waals surface area (Å²) in [5, 5.41) is 0. The molecule has 17 N–H and O–H groups in total. The quantitative estimate of drug-likeness (QED) is 0.432. The SMILES string of the molecule is Cl.Cl.Cl.Cl.N.N.N.N.N.O. The molecule has 0 saturated heterocycles. The first-order chi connectivity index (χ1) is 0. The number of halogens is 4. The van der Waals surface area contributed by atoms with Crippen molar-refractivity contribution in [1.29, 1.82) is 0 Å². The topological polar surface area (TPSA) is 206 Å². The Bertz CT molecular complexity index is 13.6. The van der Waals surface area contributed by atoms with Gasteiger partial charge < -0.3 is 36.2 Å². The minimum Gasteiger partial charge on any atom is -0.412 e. The third kappa shape index (κ3) is 661. The molecule has 0 atom stereocenters. The molecule has 0 heterocycles. The molecule has 0 amide bonds. The third-order valence-corrected chi connectivity index (χ3v) is 0. The van der Waals surface area contributed by atoms with Crippen molar-refractivity contribution < 1.29 is 5.48 Å². The molecule has 10 heavy (non-hydrogen) atoms. The van der Waals surface area contributed by atoms with Crippen LogP contribution in [-0.2, 0) is 0 Å². The molecule has 0 radical (unpaired) electrons. The maximum atomic E-state index is 0. The first-order valence-corrected chi connectivity index (χ1v) is 0. The van der Waals surface area contributed by atoms with E-state index < -0.39 is 0 Å². The molecule has 0 unspecified atom stereocenters. The average Bonchev–Trinajstić information content (AvgIpc) is 0. The Hall–Kier alpha value is 0.920. The van der Waals surface area contributed by atoms with Crippen LogP contribution in [0, 0.1) is 0 Å². The third-order valence-electron chi connectivity index (χ3n) is 0. The molecule has 0 aromatic rings. The average molecular weight is 249 g/mol. The van der Waals surface area contributed by atoms with E-state index in [2.05, 4.69) is 0 Å². The summed E-state index contributed by atoms with van der Waals surface area (Å²) in [7, 11) is 0. The molecule has 0 saturated carbocycles. The van der Waals surface area contributed by atoms with Crippen molar-refractivity contribution in [2.75, 3.05) is 0 Å². The van der Waals surface area contributed by atoms with E-state index in [1.807, 2.05) is 0 Å². The molecule has 10 heteroatoms. The molecular formula is H21Cl4N5O. The zero-order chi connectivity index (χ0) is 0. The van der Waals surface area contributed by atoms with Gasteiger partial charge in [-0.25, -0.2) is 0 Å². The van der Waals surface area contributed by atoms with Crippen LogP contribution in [0.2, 0.25) is 0 Å². The summed E-state index contributed by atoms with van der Waals surface area (Å²) in [5.41, 5.74) is 0. The predicted molar refractivity (Wildman–Crippen MR) is 57.7 cm³/mol. The Morgan fingerprint density at radius 3 is 0.300 bits per heavy atom. The molecule has 6 nitrogen and oxygen atoms in total. The van der Waals surface area contributed by atoms with Gasteiger partial charge in [0.2, 0.25) is 0 Å². The van der Waals surface area contributed by atoms with Crippen LogP contribution in [0.3, 0.4) is 0 Å². The number of hydrogen-bond donors (Lipinski definition) is 5. The Morgan fingerprint density at radius 1 is 0.300 bits per heavy atom. The summed E-state index contributed by atoms with van der Waals surface area (Å²) in [6.45, 7) is 0. The second-order valence-electron chi connectivity index (χ2n) is 0. The molecule has 0 fully saturated rings. The van der Waals surface area contributed by atoms with E-state index in [-0.39, 0.29) is 85.9 Å². The highest BCUT2D eigenvalue weighted by Gasteiger charge is -0.143. The van der Waals surface area contributed by atoms with Gasteiger partial charge in [-0.1, -0.05) is 0 Å². The zero-order valence-electron chi connectivity index (χ0n) is 5.67. The van der Waals surface area contributed by atoms with Crippen LogP contribution in [0.4, 0.5) is 0 Å². The standard InChI is InChI=1S/4ClH.5H3N.H2O/h4*1H;5*1H3;1H2. The van der Waals surface area contributed by atoms with Crippen molar-refractivity contribution in [2.24, 2.45) is 0 Å². The monoisotopic (exact) mass is 247 g/mol. The van der Waals surface area contributed by atoms with Crippen molar-refractivity contribution in [2.45, 2.75) is 0 Å². The highest BCUT2D eigenvalue weighted by molar-refractivity contribution is 5.86. The van der Waals surface area contributed by atoms with Crippen LogP contribution in [0.1, 0.15) is 0 Å². The van der Waals surface area contributed by atoms with Gasteiger partial charge in [-0.05, 0) is 0 Å². The van der Waals surface area contributed by atoms with Gasteiger partial charge in [-0.3, -0.25) is 0 Å². The van der Waals surface area contributed by atoms with E-state index in [1.165, 1.54) is 0 Å². The lowest BCUT2D eigenvalue weighted by atomic mass is 14.0. The zero-order valence-corrected chi connectivity index (χ0v) is 8.93. The van der Waals surface area contributed by atoms with Crippen LogP contribution in [0.15, 0.2) is 0 Å². The molecule has 0 aliphatic heterocycles. The van der Waals surface area contributed by atoms with Gasteiger partial charge in [0, 0.05) is 0 Å². The maximum absolute atomic E-state index is 0. The van der Waals surface area contributed by atoms with Gasteiger partial charge in [-0.15, -0.1) is 49.6 Å². The van der Waals surface area contributed by atoms with Crippen LogP contribution >= 0.6 is 49.6 Å². The van der Waals surface area contributed by atoms with Crippen LogP contribution in [0.5, 0.6) is 0 Å². The van der Waals surface area contributed by atoms with Gasteiger partial charge in [0.15, 0.2) is 0 Å². The van der Waals surface area contributed by atoms with Crippen molar-refractivity contribution >= 4 is 49.6 Å². The van der Waals surface area contributed by atoms with Crippen molar-refractivity contribution in [1.82, 2.24) is 30.8 Å². The summed E-state index contributed by atoms with van der Waals surface area (Å²) in [6, 6.07) is 0.